The number of rotatable bonds is 57. The van der Waals surface area contributed by atoms with Gasteiger partial charge in [0.1, 0.15) is 24.4 Å². The minimum Gasteiger partial charge on any atom is -0.454 e. The summed E-state index contributed by atoms with van der Waals surface area (Å²) in [6, 6.07) is -1.03. The number of ether oxygens (including phenoxy) is 3. The number of aliphatic hydroxyl groups excluding tert-OH is 5. The molecular weight excluding hydrogens is 1000 g/mol. The molecule has 1 heterocycles. The standard InChI is InChI=1S/C69H125NO10/c1-4-7-10-13-16-19-22-25-26-27-28-29-30-31-32-33-34-35-36-39-42-45-48-51-54-57-64(74)80-67-66(76)65(75)63(58-71)79-69(67)78-59-60(61(72)55-52-49-46-43-40-37-23-20-17-14-11-8-5-2)70-68(77)62(73)56-53-50-47-44-41-38-24-21-18-15-12-9-6-3/h16,19,25-26,28-29,41,44,52,55,60-63,65-67,69,71-73,75-76H,4-15,17-18,20-24,27,30-40,42-43,45-51,53-54,56-59H2,1-3H3,(H,70,77)/b19-16-,26-25-,29-28-,44-41-,55-52+. The third kappa shape index (κ3) is 44.0. The summed E-state index contributed by atoms with van der Waals surface area (Å²) in [4.78, 5) is 26.6. The van der Waals surface area contributed by atoms with Gasteiger partial charge in [-0.15, -0.1) is 0 Å². The molecule has 1 amide bonds. The zero-order chi connectivity index (χ0) is 58.2. The number of aliphatic hydroxyl groups is 5. The minimum absolute atomic E-state index is 0.119. The highest BCUT2D eigenvalue weighted by Gasteiger charge is 2.47. The average Bonchev–Trinajstić information content (AvgIpc) is 3.45. The van der Waals surface area contributed by atoms with E-state index in [1.807, 2.05) is 6.08 Å². The summed E-state index contributed by atoms with van der Waals surface area (Å²) in [5, 5.41) is 57.0. The Morgan fingerprint density at radius 3 is 1.32 bits per heavy atom. The van der Waals surface area contributed by atoms with Crippen LogP contribution in [0.1, 0.15) is 303 Å². The molecule has 0 aliphatic carbocycles. The van der Waals surface area contributed by atoms with Crippen LogP contribution in [-0.2, 0) is 23.8 Å². The first kappa shape index (κ1) is 75.4. The van der Waals surface area contributed by atoms with Crippen molar-refractivity contribution in [2.75, 3.05) is 13.2 Å². The van der Waals surface area contributed by atoms with Crippen molar-refractivity contribution in [3.8, 4) is 0 Å². The number of carbonyl (C=O) groups excluding carboxylic acids is 2. The number of allylic oxidation sites excluding steroid dienone is 9. The van der Waals surface area contributed by atoms with Crippen LogP contribution in [0.4, 0.5) is 0 Å². The summed E-state index contributed by atoms with van der Waals surface area (Å²) in [6.07, 6.45) is 61.2. The number of esters is 1. The van der Waals surface area contributed by atoms with Crippen LogP contribution in [0.15, 0.2) is 60.8 Å². The molecule has 0 radical (unpaired) electrons. The van der Waals surface area contributed by atoms with E-state index in [1.54, 1.807) is 6.08 Å². The predicted molar refractivity (Wildman–Crippen MR) is 333 cm³/mol. The van der Waals surface area contributed by atoms with Gasteiger partial charge in [-0.05, 0) is 89.9 Å². The van der Waals surface area contributed by atoms with Crippen LogP contribution in [0.5, 0.6) is 0 Å². The molecule has 466 valence electrons. The molecule has 1 aliphatic rings. The number of hydrogen-bond acceptors (Lipinski definition) is 10. The van der Waals surface area contributed by atoms with Gasteiger partial charge >= 0.3 is 5.97 Å². The fourth-order valence-electron chi connectivity index (χ4n) is 10.3. The maximum absolute atomic E-state index is 13.4. The quantitative estimate of drug-likeness (QED) is 0.0195. The van der Waals surface area contributed by atoms with E-state index < -0.39 is 67.4 Å². The lowest BCUT2D eigenvalue weighted by Crippen LogP contribution is -2.61. The Hall–Kier alpha value is -2.64. The number of unbranched alkanes of at least 4 members (excludes halogenated alkanes) is 35. The molecule has 6 N–H and O–H groups in total. The second-order valence-electron chi connectivity index (χ2n) is 23.2. The topological polar surface area (TPSA) is 175 Å². The van der Waals surface area contributed by atoms with Gasteiger partial charge in [0.15, 0.2) is 12.4 Å². The highest BCUT2D eigenvalue weighted by atomic mass is 16.7. The van der Waals surface area contributed by atoms with Crippen molar-refractivity contribution in [1.29, 1.82) is 0 Å². The molecule has 0 bridgehead atoms. The molecule has 11 nitrogen and oxygen atoms in total. The molecular formula is C69H125NO10. The third-order valence-electron chi connectivity index (χ3n) is 15.6. The molecule has 8 unspecified atom stereocenters. The SMILES string of the molecule is CCCCC/C=C\C/C=C\C/C=C\CCCCCCCCCCCCCCC(=O)OC1C(OCC(NC(=O)C(O)CCCC/C=C\CCCCCCCCC)C(O)/C=C/CCCCCCCCCCCCC)OC(CO)C(O)C1O. The molecule has 1 rings (SSSR count). The van der Waals surface area contributed by atoms with Gasteiger partial charge in [0.25, 0.3) is 0 Å². The lowest BCUT2D eigenvalue weighted by molar-refractivity contribution is -0.305. The molecule has 0 spiro atoms. The van der Waals surface area contributed by atoms with Gasteiger partial charge in [-0.2, -0.15) is 0 Å². The van der Waals surface area contributed by atoms with Gasteiger partial charge in [0.05, 0.1) is 25.4 Å². The molecule has 80 heavy (non-hydrogen) atoms. The molecule has 1 fully saturated rings. The van der Waals surface area contributed by atoms with E-state index >= 15 is 0 Å². The minimum atomic E-state index is -1.62. The van der Waals surface area contributed by atoms with Crippen molar-refractivity contribution in [3.63, 3.8) is 0 Å². The monoisotopic (exact) mass is 1130 g/mol. The first-order chi connectivity index (χ1) is 39.2. The van der Waals surface area contributed by atoms with E-state index in [2.05, 4.69) is 74.7 Å². The number of hydrogen-bond donors (Lipinski definition) is 6. The van der Waals surface area contributed by atoms with Crippen LogP contribution in [0.2, 0.25) is 0 Å². The van der Waals surface area contributed by atoms with Gasteiger partial charge < -0.3 is 45.1 Å². The van der Waals surface area contributed by atoms with Crippen LogP contribution in [-0.4, -0.2) is 99.6 Å². The van der Waals surface area contributed by atoms with Crippen molar-refractivity contribution >= 4 is 11.9 Å². The lowest BCUT2D eigenvalue weighted by atomic mass is 9.99. The fourth-order valence-corrected chi connectivity index (χ4v) is 10.3. The maximum Gasteiger partial charge on any atom is 0.306 e. The summed E-state index contributed by atoms with van der Waals surface area (Å²) >= 11 is 0. The van der Waals surface area contributed by atoms with Gasteiger partial charge in [-0.25, -0.2) is 0 Å². The van der Waals surface area contributed by atoms with Crippen molar-refractivity contribution in [1.82, 2.24) is 5.32 Å². The summed E-state index contributed by atoms with van der Waals surface area (Å²) < 4.78 is 17.7. The van der Waals surface area contributed by atoms with Crippen LogP contribution in [0.3, 0.4) is 0 Å². The number of nitrogens with one attached hydrogen (secondary N) is 1. The maximum atomic E-state index is 13.4. The Labute approximate surface area is 490 Å². The molecule has 1 saturated heterocycles. The van der Waals surface area contributed by atoms with E-state index in [-0.39, 0.29) is 19.4 Å². The summed E-state index contributed by atoms with van der Waals surface area (Å²) in [7, 11) is 0. The Kier molecular flexibility index (Phi) is 53.5. The second kappa shape index (κ2) is 56.8. The van der Waals surface area contributed by atoms with Gasteiger partial charge in [-0.1, -0.05) is 268 Å². The van der Waals surface area contributed by atoms with E-state index in [0.29, 0.717) is 12.8 Å². The van der Waals surface area contributed by atoms with Crippen molar-refractivity contribution in [2.24, 2.45) is 0 Å². The Morgan fingerprint density at radius 1 is 0.487 bits per heavy atom. The van der Waals surface area contributed by atoms with E-state index in [0.717, 1.165) is 70.6 Å². The average molecular weight is 1130 g/mol. The molecule has 11 heteroatoms. The van der Waals surface area contributed by atoms with Gasteiger partial charge in [0.2, 0.25) is 5.91 Å². The molecule has 0 aromatic carbocycles. The lowest BCUT2D eigenvalue weighted by Gasteiger charge is -2.41. The zero-order valence-electron chi connectivity index (χ0n) is 51.7. The highest BCUT2D eigenvalue weighted by molar-refractivity contribution is 5.80. The molecule has 0 aromatic heterocycles. The molecule has 0 saturated carbocycles. The van der Waals surface area contributed by atoms with Crippen LogP contribution in [0, 0.1) is 0 Å². The van der Waals surface area contributed by atoms with Crippen LogP contribution < -0.4 is 5.32 Å². The van der Waals surface area contributed by atoms with Crippen LogP contribution >= 0.6 is 0 Å². The van der Waals surface area contributed by atoms with E-state index in [9.17, 15) is 35.1 Å². The molecule has 0 aromatic rings. The summed E-state index contributed by atoms with van der Waals surface area (Å²) in [6.45, 7) is 5.77. The van der Waals surface area contributed by atoms with Gasteiger partial charge in [-0.3, -0.25) is 9.59 Å². The van der Waals surface area contributed by atoms with Crippen molar-refractivity contribution < 1.29 is 49.3 Å². The highest BCUT2D eigenvalue weighted by Crippen LogP contribution is 2.26. The predicted octanol–water partition coefficient (Wildman–Crippen LogP) is 16.6. The third-order valence-corrected chi connectivity index (χ3v) is 15.6. The van der Waals surface area contributed by atoms with E-state index in [4.69, 9.17) is 14.2 Å². The Bertz CT molecular complexity index is 1530. The Morgan fingerprint density at radius 2 is 0.863 bits per heavy atom. The normalized spacial score (nSPS) is 19.1. The Balaban J connectivity index is 2.59. The summed E-state index contributed by atoms with van der Waals surface area (Å²) in [5.74, 6) is -1.21. The van der Waals surface area contributed by atoms with Crippen LogP contribution in [0.25, 0.3) is 0 Å². The van der Waals surface area contributed by atoms with E-state index in [1.165, 1.54) is 186 Å². The second-order valence-corrected chi connectivity index (χ2v) is 23.2. The largest absolute Gasteiger partial charge is 0.454 e. The smallest absolute Gasteiger partial charge is 0.306 e. The molecule has 1 aliphatic heterocycles. The van der Waals surface area contributed by atoms with Gasteiger partial charge in [0, 0.05) is 6.42 Å². The first-order valence-electron chi connectivity index (χ1n) is 33.6. The zero-order valence-corrected chi connectivity index (χ0v) is 51.7. The summed E-state index contributed by atoms with van der Waals surface area (Å²) in [5.41, 5.74) is 0. The number of amides is 1. The molecule has 8 atom stereocenters. The van der Waals surface area contributed by atoms with Crippen molar-refractivity contribution in [2.45, 2.75) is 352 Å². The number of carbonyl (C=O) groups is 2. The first-order valence-corrected chi connectivity index (χ1v) is 33.6. The van der Waals surface area contributed by atoms with Crippen molar-refractivity contribution in [3.05, 3.63) is 60.8 Å². The fraction of sp³-hybridized carbons (Fsp3) is 0.826.